The van der Waals surface area contributed by atoms with E-state index in [0.29, 0.717) is 6.04 Å². The van der Waals surface area contributed by atoms with Gasteiger partial charge in [-0.15, -0.1) is 0 Å². The quantitative estimate of drug-likeness (QED) is 0.831. The van der Waals surface area contributed by atoms with Crippen LogP contribution in [0, 0.1) is 0 Å². The van der Waals surface area contributed by atoms with Gasteiger partial charge in [0.15, 0.2) is 0 Å². The Labute approximate surface area is 128 Å². The monoisotopic (exact) mass is 289 g/mol. The Bertz CT molecular complexity index is 460. The number of carbonyl (C=O) groups is 1. The zero-order valence-electron chi connectivity index (χ0n) is 13.2. The molecule has 1 aromatic rings. The number of likely N-dealkylation sites (tertiary alicyclic amines) is 1. The van der Waals surface area contributed by atoms with Crippen molar-refractivity contribution in [2.75, 3.05) is 6.54 Å². The Kier molecular flexibility index (Phi) is 5.40. The summed E-state index contributed by atoms with van der Waals surface area (Å²) in [5, 5.41) is 9.83. The van der Waals surface area contributed by atoms with Crippen molar-refractivity contribution >= 4 is 5.97 Å². The lowest BCUT2D eigenvalue weighted by molar-refractivity contribution is -0.152. The number of benzene rings is 1. The lowest BCUT2D eigenvalue weighted by Gasteiger charge is -2.40. The molecule has 2 rings (SSSR count). The number of aliphatic carboxylic acids is 1. The molecule has 0 aromatic heterocycles. The van der Waals surface area contributed by atoms with E-state index in [2.05, 4.69) is 43.0 Å². The van der Waals surface area contributed by atoms with E-state index in [-0.39, 0.29) is 0 Å². The molecule has 2 atom stereocenters. The van der Waals surface area contributed by atoms with Crippen LogP contribution in [0.2, 0.25) is 0 Å². The number of nitrogens with zero attached hydrogens (tertiary/aromatic N) is 1. The maximum atomic E-state index is 12.0. The lowest BCUT2D eigenvalue weighted by Crippen LogP contribution is -2.55. The van der Waals surface area contributed by atoms with Crippen LogP contribution >= 0.6 is 0 Å². The van der Waals surface area contributed by atoms with E-state index < -0.39 is 11.5 Å². The van der Waals surface area contributed by atoms with Gasteiger partial charge in [0.05, 0.1) is 0 Å². The molecule has 3 nitrogen and oxygen atoms in total. The Morgan fingerprint density at radius 1 is 1.33 bits per heavy atom. The van der Waals surface area contributed by atoms with Crippen LogP contribution in [-0.4, -0.2) is 34.1 Å². The Morgan fingerprint density at radius 2 is 2.05 bits per heavy atom. The molecule has 0 amide bonds. The Hall–Kier alpha value is -1.35. The molecule has 2 unspecified atom stereocenters. The summed E-state index contributed by atoms with van der Waals surface area (Å²) in [5.74, 6) is -0.631. The van der Waals surface area contributed by atoms with Gasteiger partial charge in [0.1, 0.15) is 5.54 Å². The summed E-state index contributed by atoms with van der Waals surface area (Å²) >= 11 is 0. The van der Waals surface area contributed by atoms with Crippen LogP contribution < -0.4 is 0 Å². The minimum atomic E-state index is -0.635. The van der Waals surface area contributed by atoms with Crippen molar-refractivity contribution < 1.29 is 9.90 Å². The van der Waals surface area contributed by atoms with Crippen molar-refractivity contribution in [2.45, 2.75) is 64.0 Å². The largest absolute Gasteiger partial charge is 0.480 e. The highest BCUT2D eigenvalue weighted by Crippen LogP contribution is 2.37. The zero-order valence-corrected chi connectivity index (χ0v) is 13.2. The fourth-order valence-corrected chi connectivity index (χ4v) is 3.81. The third-order valence-corrected chi connectivity index (χ3v) is 4.83. The van der Waals surface area contributed by atoms with Crippen LogP contribution in [0.5, 0.6) is 0 Å². The van der Waals surface area contributed by atoms with E-state index in [9.17, 15) is 9.90 Å². The third kappa shape index (κ3) is 3.29. The maximum absolute atomic E-state index is 12.0. The molecule has 3 heteroatoms. The Morgan fingerprint density at radius 3 is 2.62 bits per heavy atom. The van der Waals surface area contributed by atoms with Crippen molar-refractivity contribution in [3.8, 4) is 0 Å². The number of carboxylic acid groups (broad SMARTS) is 1. The van der Waals surface area contributed by atoms with Gasteiger partial charge in [-0.25, -0.2) is 0 Å². The molecule has 0 radical (unpaired) electrons. The first-order valence-corrected chi connectivity index (χ1v) is 8.18. The molecule has 21 heavy (non-hydrogen) atoms. The van der Waals surface area contributed by atoms with Crippen LogP contribution in [-0.2, 0) is 11.2 Å². The zero-order chi connectivity index (χ0) is 15.3. The summed E-state index contributed by atoms with van der Waals surface area (Å²) in [6, 6.07) is 10.7. The molecule has 1 heterocycles. The van der Waals surface area contributed by atoms with Gasteiger partial charge in [0, 0.05) is 6.04 Å². The average molecular weight is 289 g/mol. The first-order chi connectivity index (χ1) is 10.1. The van der Waals surface area contributed by atoms with Crippen LogP contribution in [0.3, 0.4) is 0 Å². The van der Waals surface area contributed by atoms with E-state index in [1.54, 1.807) is 0 Å². The molecule has 1 aliphatic rings. The van der Waals surface area contributed by atoms with E-state index in [0.717, 1.165) is 45.1 Å². The first-order valence-electron chi connectivity index (χ1n) is 8.18. The molecule has 0 aliphatic carbocycles. The van der Waals surface area contributed by atoms with Gasteiger partial charge in [0.25, 0.3) is 0 Å². The van der Waals surface area contributed by atoms with Crippen molar-refractivity contribution in [1.82, 2.24) is 4.90 Å². The third-order valence-electron chi connectivity index (χ3n) is 4.83. The van der Waals surface area contributed by atoms with E-state index in [1.807, 2.05) is 6.07 Å². The average Bonchev–Trinajstić information content (AvgIpc) is 2.91. The van der Waals surface area contributed by atoms with E-state index in [1.165, 1.54) is 5.56 Å². The molecule has 1 saturated heterocycles. The number of rotatable bonds is 7. The van der Waals surface area contributed by atoms with Crippen molar-refractivity contribution in [3.63, 3.8) is 0 Å². The molecule has 0 bridgehead atoms. The molecule has 0 saturated carbocycles. The topological polar surface area (TPSA) is 40.5 Å². The summed E-state index contributed by atoms with van der Waals surface area (Å²) in [6.07, 6.45) is 5.40. The molecule has 1 aliphatic heterocycles. The predicted octanol–water partition coefficient (Wildman–Crippen LogP) is 3.73. The predicted molar refractivity (Wildman–Crippen MR) is 85.4 cm³/mol. The van der Waals surface area contributed by atoms with Gasteiger partial charge in [-0.05, 0) is 44.2 Å². The number of hydrogen-bond donors (Lipinski definition) is 1. The summed E-state index contributed by atoms with van der Waals surface area (Å²) in [5.41, 5.74) is 0.663. The van der Waals surface area contributed by atoms with Crippen LogP contribution in [0.15, 0.2) is 30.3 Å². The SMILES string of the molecule is CCCC1(C(=O)O)CCCN1C(CC)Cc1ccccc1. The second-order valence-corrected chi connectivity index (χ2v) is 6.14. The van der Waals surface area contributed by atoms with Crippen molar-refractivity contribution in [2.24, 2.45) is 0 Å². The number of carboxylic acids is 1. The number of hydrogen-bond acceptors (Lipinski definition) is 2. The summed E-state index contributed by atoms with van der Waals surface area (Å²) in [4.78, 5) is 14.2. The Balaban J connectivity index is 2.21. The highest BCUT2D eigenvalue weighted by molar-refractivity contribution is 5.79. The van der Waals surface area contributed by atoms with Gasteiger partial charge in [-0.1, -0.05) is 50.6 Å². The normalized spacial score (nSPS) is 24.1. The summed E-state index contributed by atoms with van der Waals surface area (Å²) in [7, 11) is 0. The van der Waals surface area contributed by atoms with E-state index >= 15 is 0 Å². The second kappa shape index (κ2) is 7.08. The van der Waals surface area contributed by atoms with Gasteiger partial charge in [-0.2, -0.15) is 0 Å². The van der Waals surface area contributed by atoms with Gasteiger partial charge in [0.2, 0.25) is 0 Å². The molecule has 1 fully saturated rings. The molecule has 116 valence electrons. The smallest absolute Gasteiger partial charge is 0.324 e. The lowest BCUT2D eigenvalue weighted by atomic mass is 9.88. The fourth-order valence-electron chi connectivity index (χ4n) is 3.81. The van der Waals surface area contributed by atoms with E-state index in [4.69, 9.17) is 0 Å². The van der Waals surface area contributed by atoms with Crippen LogP contribution in [0.4, 0.5) is 0 Å². The standard InChI is InChI=1S/C18H27NO2/c1-3-11-18(17(20)21)12-8-13-19(18)16(4-2)14-15-9-6-5-7-10-15/h5-7,9-10,16H,3-4,8,11-14H2,1-2H3,(H,20,21). The highest BCUT2D eigenvalue weighted by atomic mass is 16.4. The van der Waals surface area contributed by atoms with Crippen molar-refractivity contribution in [1.29, 1.82) is 0 Å². The molecule has 1 aromatic carbocycles. The van der Waals surface area contributed by atoms with Gasteiger partial charge < -0.3 is 5.11 Å². The second-order valence-electron chi connectivity index (χ2n) is 6.14. The maximum Gasteiger partial charge on any atom is 0.324 e. The molecular weight excluding hydrogens is 262 g/mol. The minimum Gasteiger partial charge on any atom is -0.480 e. The summed E-state index contributed by atoms with van der Waals surface area (Å²) < 4.78 is 0. The van der Waals surface area contributed by atoms with Crippen molar-refractivity contribution in [3.05, 3.63) is 35.9 Å². The van der Waals surface area contributed by atoms with Crippen LogP contribution in [0.25, 0.3) is 0 Å². The molecule has 0 spiro atoms. The van der Waals surface area contributed by atoms with Gasteiger partial charge >= 0.3 is 5.97 Å². The minimum absolute atomic E-state index is 0.317. The molecule has 1 N–H and O–H groups in total. The fraction of sp³-hybridized carbons (Fsp3) is 0.611. The van der Waals surface area contributed by atoms with Gasteiger partial charge in [-0.3, -0.25) is 9.69 Å². The first kappa shape index (κ1) is 16.0. The molecular formula is C18H27NO2. The van der Waals surface area contributed by atoms with Crippen LogP contribution in [0.1, 0.15) is 51.5 Å². The highest BCUT2D eigenvalue weighted by Gasteiger charge is 2.48. The summed E-state index contributed by atoms with van der Waals surface area (Å²) in [6.45, 7) is 5.17.